The number of rotatable bonds is 1. The van der Waals surface area contributed by atoms with Crippen LogP contribution < -0.4 is 5.32 Å². The van der Waals surface area contributed by atoms with E-state index in [1.165, 1.54) is 12.3 Å². The van der Waals surface area contributed by atoms with E-state index in [9.17, 15) is 0 Å². The first-order valence-corrected chi connectivity index (χ1v) is 3.59. The molecule has 0 amide bonds. The molecule has 0 saturated heterocycles. The molecule has 0 bridgehead atoms. The molecule has 2 heteroatoms. The summed E-state index contributed by atoms with van der Waals surface area (Å²) in [5.41, 5.74) is 0. The molecule has 0 saturated carbocycles. The van der Waals surface area contributed by atoms with E-state index in [0.29, 0.717) is 5.92 Å². The zero-order valence-electron chi connectivity index (χ0n) is 6.15. The van der Waals surface area contributed by atoms with Crippen molar-refractivity contribution in [1.29, 1.82) is 0 Å². The minimum Gasteiger partial charge on any atom is -0.374 e. The van der Waals surface area contributed by atoms with Gasteiger partial charge in [-0.3, -0.25) is 4.99 Å². The number of hydrogen-bond acceptors (Lipinski definition) is 2. The SMILES string of the molecule is CC(C)C1=NCCCN1. The molecule has 1 aliphatic heterocycles. The molecule has 0 aromatic rings. The zero-order chi connectivity index (χ0) is 6.69. The van der Waals surface area contributed by atoms with Gasteiger partial charge in [-0.15, -0.1) is 0 Å². The molecule has 0 spiro atoms. The number of amidine groups is 1. The summed E-state index contributed by atoms with van der Waals surface area (Å²) in [6.07, 6.45) is 1.19. The van der Waals surface area contributed by atoms with Crippen molar-refractivity contribution < 1.29 is 0 Å². The Morgan fingerprint density at radius 3 is 2.67 bits per heavy atom. The van der Waals surface area contributed by atoms with E-state index in [1.54, 1.807) is 0 Å². The Bertz CT molecular complexity index is 116. The smallest absolute Gasteiger partial charge is 0.0988 e. The monoisotopic (exact) mass is 126 g/mol. The summed E-state index contributed by atoms with van der Waals surface area (Å²) in [5.74, 6) is 1.76. The van der Waals surface area contributed by atoms with Crippen LogP contribution in [-0.4, -0.2) is 18.9 Å². The lowest BCUT2D eigenvalue weighted by molar-refractivity contribution is 0.690. The van der Waals surface area contributed by atoms with Crippen molar-refractivity contribution in [3.63, 3.8) is 0 Å². The van der Waals surface area contributed by atoms with E-state index < -0.39 is 0 Å². The highest BCUT2D eigenvalue weighted by atomic mass is 15.0. The maximum Gasteiger partial charge on any atom is 0.0988 e. The van der Waals surface area contributed by atoms with Gasteiger partial charge >= 0.3 is 0 Å². The fraction of sp³-hybridized carbons (Fsp3) is 0.857. The van der Waals surface area contributed by atoms with Gasteiger partial charge in [-0.1, -0.05) is 13.8 Å². The van der Waals surface area contributed by atoms with Crippen molar-refractivity contribution in [3.8, 4) is 0 Å². The molecule has 9 heavy (non-hydrogen) atoms. The van der Waals surface area contributed by atoms with Crippen LogP contribution in [0.2, 0.25) is 0 Å². The maximum absolute atomic E-state index is 4.33. The molecule has 0 fully saturated rings. The maximum atomic E-state index is 4.33. The van der Waals surface area contributed by atoms with E-state index in [0.717, 1.165) is 13.1 Å². The van der Waals surface area contributed by atoms with E-state index >= 15 is 0 Å². The first-order chi connectivity index (χ1) is 4.30. The Hall–Kier alpha value is -0.530. The molecule has 52 valence electrons. The summed E-state index contributed by atoms with van der Waals surface area (Å²) < 4.78 is 0. The first-order valence-electron chi connectivity index (χ1n) is 3.59. The highest BCUT2D eigenvalue weighted by molar-refractivity contribution is 5.84. The molecular weight excluding hydrogens is 112 g/mol. The molecule has 0 atom stereocenters. The van der Waals surface area contributed by atoms with Crippen molar-refractivity contribution in [2.75, 3.05) is 13.1 Å². The predicted molar refractivity (Wildman–Crippen MR) is 39.8 cm³/mol. The first kappa shape index (κ1) is 6.59. The van der Waals surface area contributed by atoms with Gasteiger partial charge in [-0.25, -0.2) is 0 Å². The van der Waals surface area contributed by atoms with Crippen LogP contribution in [0.15, 0.2) is 4.99 Å². The summed E-state index contributed by atoms with van der Waals surface area (Å²) in [7, 11) is 0. The molecule has 0 aliphatic carbocycles. The van der Waals surface area contributed by atoms with E-state index in [4.69, 9.17) is 0 Å². The summed E-state index contributed by atoms with van der Waals surface area (Å²) in [4.78, 5) is 4.33. The third-order valence-electron chi connectivity index (χ3n) is 1.47. The lowest BCUT2D eigenvalue weighted by atomic mass is 10.2. The van der Waals surface area contributed by atoms with Gasteiger partial charge in [0.1, 0.15) is 0 Å². The van der Waals surface area contributed by atoms with Crippen molar-refractivity contribution in [3.05, 3.63) is 0 Å². The van der Waals surface area contributed by atoms with Gasteiger partial charge in [-0.2, -0.15) is 0 Å². The van der Waals surface area contributed by atoms with Crippen molar-refractivity contribution in [2.24, 2.45) is 10.9 Å². The number of nitrogens with zero attached hydrogens (tertiary/aromatic N) is 1. The molecular formula is C7H14N2. The third-order valence-corrected chi connectivity index (χ3v) is 1.47. The Kier molecular flexibility index (Phi) is 2.09. The Morgan fingerprint density at radius 2 is 2.33 bits per heavy atom. The fourth-order valence-electron chi connectivity index (χ4n) is 0.938. The van der Waals surface area contributed by atoms with Crippen LogP contribution in [0.3, 0.4) is 0 Å². The van der Waals surface area contributed by atoms with Crippen LogP contribution in [0.25, 0.3) is 0 Å². The van der Waals surface area contributed by atoms with E-state index in [-0.39, 0.29) is 0 Å². The number of aliphatic imine (C=N–C) groups is 1. The Morgan fingerprint density at radius 1 is 1.56 bits per heavy atom. The molecule has 0 radical (unpaired) electrons. The van der Waals surface area contributed by atoms with Gasteiger partial charge in [0.2, 0.25) is 0 Å². The molecule has 1 heterocycles. The van der Waals surface area contributed by atoms with E-state index in [2.05, 4.69) is 24.2 Å². The Balaban J connectivity index is 2.46. The fourth-order valence-corrected chi connectivity index (χ4v) is 0.938. The minimum absolute atomic E-state index is 0.574. The molecule has 1 N–H and O–H groups in total. The molecule has 0 aromatic heterocycles. The summed E-state index contributed by atoms with van der Waals surface area (Å²) in [6.45, 7) is 6.45. The van der Waals surface area contributed by atoms with Gasteiger partial charge in [0, 0.05) is 19.0 Å². The summed E-state index contributed by atoms with van der Waals surface area (Å²) >= 11 is 0. The molecule has 0 aromatic carbocycles. The van der Waals surface area contributed by atoms with Crippen molar-refractivity contribution in [1.82, 2.24) is 5.32 Å². The van der Waals surface area contributed by atoms with Gasteiger partial charge in [0.15, 0.2) is 0 Å². The normalized spacial score (nSPS) is 19.2. The molecule has 0 unspecified atom stereocenters. The van der Waals surface area contributed by atoms with Crippen LogP contribution in [-0.2, 0) is 0 Å². The average molecular weight is 126 g/mol. The molecule has 1 aliphatic rings. The second-order valence-corrected chi connectivity index (χ2v) is 2.70. The van der Waals surface area contributed by atoms with Gasteiger partial charge < -0.3 is 5.32 Å². The van der Waals surface area contributed by atoms with Gasteiger partial charge in [-0.05, 0) is 6.42 Å². The third kappa shape index (κ3) is 1.70. The Labute approximate surface area is 56.4 Å². The highest BCUT2D eigenvalue weighted by Crippen LogP contribution is 1.98. The largest absolute Gasteiger partial charge is 0.374 e. The number of hydrogen-bond donors (Lipinski definition) is 1. The summed E-state index contributed by atoms with van der Waals surface area (Å²) in [5, 5.41) is 3.27. The topological polar surface area (TPSA) is 24.4 Å². The molecule has 2 nitrogen and oxygen atoms in total. The van der Waals surface area contributed by atoms with Crippen LogP contribution >= 0.6 is 0 Å². The second kappa shape index (κ2) is 2.85. The standard InChI is InChI=1S/C7H14N2/c1-6(2)7-8-4-3-5-9-7/h6H,3-5H2,1-2H3,(H,8,9). The highest BCUT2D eigenvalue weighted by Gasteiger charge is 2.06. The predicted octanol–water partition coefficient (Wildman–Crippen LogP) is 1.03. The van der Waals surface area contributed by atoms with Crippen molar-refractivity contribution >= 4 is 5.84 Å². The molecule has 1 rings (SSSR count). The minimum atomic E-state index is 0.574. The van der Waals surface area contributed by atoms with Gasteiger partial charge in [0.25, 0.3) is 0 Å². The number of nitrogens with one attached hydrogen (secondary N) is 1. The lowest BCUT2D eigenvalue weighted by Gasteiger charge is -2.16. The van der Waals surface area contributed by atoms with Crippen molar-refractivity contribution in [2.45, 2.75) is 20.3 Å². The van der Waals surface area contributed by atoms with E-state index in [1.807, 2.05) is 0 Å². The quantitative estimate of drug-likeness (QED) is 0.557. The van der Waals surface area contributed by atoms with Crippen LogP contribution in [0.5, 0.6) is 0 Å². The van der Waals surface area contributed by atoms with Crippen LogP contribution in [0.4, 0.5) is 0 Å². The average Bonchev–Trinajstić information content (AvgIpc) is 1.90. The van der Waals surface area contributed by atoms with Crippen LogP contribution in [0, 0.1) is 5.92 Å². The second-order valence-electron chi connectivity index (χ2n) is 2.70. The van der Waals surface area contributed by atoms with Gasteiger partial charge in [0.05, 0.1) is 5.84 Å². The summed E-state index contributed by atoms with van der Waals surface area (Å²) in [6, 6.07) is 0. The lowest BCUT2D eigenvalue weighted by Crippen LogP contribution is -2.32. The zero-order valence-corrected chi connectivity index (χ0v) is 6.15. The van der Waals surface area contributed by atoms with Crippen LogP contribution in [0.1, 0.15) is 20.3 Å².